The van der Waals surface area contributed by atoms with Gasteiger partial charge in [-0.25, -0.2) is 21.1 Å². The molecular weight excluding hydrogens is 426 g/mol. The second-order valence-electron chi connectivity index (χ2n) is 6.26. The van der Waals surface area contributed by atoms with Gasteiger partial charge in [0.05, 0.1) is 21.8 Å². The smallest absolute Gasteiger partial charge is 0.263 e. The van der Waals surface area contributed by atoms with Gasteiger partial charge in [-0.1, -0.05) is 12.1 Å². The van der Waals surface area contributed by atoms with Crippen LogP contribution in [0.1, 0.15) is 11.1 Å². The molecular formula is C16H17N3O8S2. The minimum Gasteiger partial charge on any atom is -0.263 e. The standard InChI is InChI=1S/C16H17N3O8S2/c1-11-8-13(9-12(2)16(11)29(26,27)10-17(20)21)18(28(3,24)25)14-6-4-5-7-15(14)19(22)23/h4-9H,10H2,1-3H3. The van der Waals surface area contributed by atoms with Crippen LogP contribution in [0.5, 0.6) is 0 Å². The number of hydrogen-bond acceptors (Lipinski definition) is 8. The molecule has 0 aliphatic carbocycles. The highest BCUT2D eigenvalue weighted by Crippen LogP contribution is 2.37. The van der Waals surface area contributed by atoms with Crippen LogP contribution in [0.15, 0.2) is 41.3 Å². The van der Waals surface area contributed by atoms with Gasteiger partial charge in [-0.2, -0.15) is 0 Å². The van der Waals surface area contributed by atoms with E-state index in [1.165, 1.54) is 44.2 Å². The topological polar surface area (TPSA) is 158 Å². The van der Waals surface area contributed by atoms with Crippen molar-refractivity contribution in [3.63, 3.8) is 0 Å². The molecule has 0 atom stereocenters. The van der Waals surface area contributed by atoms with Crippen LogP contribution in [0.2, 0.25) is 0 Å². The van der Waals surface area contributed by atoms with Crippen LogP contribution in [0.3, 0.4) is 0 Å². The first-order valence-electron chi connectivity index (χ1n) is 7.95. The predicted molar refractivity (Wildman–Crippen MR) is 105 cm³/mol. The summed E-state index contributed by atoms with van der Waals surface area (Å²) in [5.74, 6) is -1.31. The fourth-order valence-electron chi connectivity index (χ4n) is 3.04. The Morgan fingerprint density at radius 3 is 1.93 bits per heavy atom. The van der Waals surface area contributed by atoms with Crippen LogP contribution in [0.4, 0.5) is 17.1 Å². The van der Waals surface area contributed by atoms with E-state index in [0.717, 1.165) is 16.6 Å². The summed E-state index contributed by atoms with van der Waals surface area (Å²) in [5.41, 5.74) is -0.557. The molecule has 2 rings (SSSR count). The number of nitrogens with zero attached hydrogens (tertiary/aromatic N) is 3. The normalized spacial score (nSPS) is 11.8. The number of benzene rings is 2. The Labute approximate surface area is 166 Å². The van der Waals surface area contributed by atoms with Crippen LogP contribution < -0.4 is 4.31 Å². The largest absolute Gasteiger partial charge is 0.305 e. The molecule has 0 bridgehead atoms. The van der Waals surface area contributed by atoms with E-state index in [2.05, 4.69) is 0 Å². The fourth-order valence-corrected chi connectivity index (χ4v) is 5.54. The number of para-hydroxylation sites is 2. The molecule has 0 unspecified atom stereocenters. The van der Waals surface area contributed by atoms with Gasteiger partial charge in [-0.15, -0.1) is 0 Å². The van der Waals surface area contributed by atoms with Gasteiger partial charge in [0.2, 0.25) is 19.9 Å². The maximum Gasteiger partial charge on any atom is 0.305 e. The molecule has 13 heteroatoms. The molecule has 2 aromatic rings. The molecule has 29 heavy (non-hydrogen) atoms. The van der Waals surface area contributed by atoms with Crippen LogP contribution in [0.25, 0.3) is 0 Å². The van der Waals surface area contributed by atoms with Gasteiger partial charge in [-0.3, -0.25) is 20.2 Å². The Morgan fingerprint density at radius 1 is 0.966 bits per heavy atom. The fraction of sp³-hybridized carbons (Fsp3) is 0.250. The third kappa shape index (κ3) is 4.68. The molecule has 0 aromatic heterocycles. The molecule has 0 aliphatic heterocycles. The third-order valence-corrected chi connectivity index (χ3v) is 6.78. The molecule has 11 nitrogen and oxygen atoms in total. The van der Waals surface area contributed by atoms with Crippen molar-refractivity contribution in [3.8, 4) is 0 Å². The van der Waals surface area contributed by atoms with Gasteiger partial charge < -0.3 is 0 Å². The van der Waals surface area contributed by atoms with Crippen molar-refractivity contribution >= 4 is 36.9 Å². The molecule has 0 aliphatic rings. The highest BCUT2D eigenvalue weighted by atomic mass is 32.2. The molecule has 0 heterocycles. The maximum absolute atomic E-state index is 12.5. The first-order chi connectivity index (χ1) is 13.3. The molecule has 0 radical (unpaired) electrons. The maximum atomic E-state index is 12.5. The zero-order valence-corrected chi connectivity index (χ0v) is 17.2. The van der Waals surface area contributed by atoms with E-state index >= 15 is 0 Å². The molecule has 0 N–H and O–H groups in total. The van der Waals surface area contributed by atoms with Crippen molar-refractivity contribution in [2.24, 2.45) is 0 Å². The number of hydrogen-bond donors (Lipinski definition) is 0. The van der Waals surface area contributed by atoms with E-state index in [4.69, 9.17) is 0 Å². The summed E-state index contributed by atoms with van der Waals surface area (Å²) < 4.78 is 50.3. The van der Waals surface area contributed by atoms with Crippen molar-refractivity contribution in [2.45, 2.75) is 18.7 Å². The zero-order valence-electron chi connectivity index (χ0n) is 15.6. The lowest BCUT2D eigenvalue weighted by Gasteiger charge is -2.24. The Morgan fingerprint density at radius 2 is 1.48 bits per heavy atom. The van der Waals surface area contributed by atoms with Gasteiger partial charge in [0.25, 0.3) is 5.69 Å². The molecule has 0 amide bonds. The highest BCUT2D eigenvalue weighted by Gasteiger charge is 2.30. The lowest BCUT2D eigenvalue weighted by molar-refractivity contribution is -0.458. The molecule has 156 valence electrons. The van der Waals surface area contributed by atoms with E-state index in [9.17, 15) is 37.1 Å². The van der Waals surface area contributed by atoms with Crippen molar-refractivity contribution in [1.29, 1.82) is 0 Å². The first-order valence-corrected chi connectivity index (χ1v) is 11.5. The van der Waals surface area contributed by atoms with Gasteiger partial charge in [0.15, 0.2) is 0 Å². The quantitative estimate of drug-likeness (QED) is 0.466. The average Bonchev–Trinajstić information content (AvgIpc) is 2.51. The van der Waals surface area contributed by atoms with E-state index in [1.54, 1.807) is 0 Å². The van der Waals surface area contributed by atoms with Crippen LogP contribution in [0, 0.1) is 34.1 Å². The number of rotatable bonds is 7. The summed E-state index contributed by atoms with van der Waals surface area (Å²) in [6.07, 6.45) is 0.853. The second kappa shape index (κ2) is 7.75. The predicted octanol–water partition coefficient (Wildman–Crippen LogP) is 2.32. The van der Waals surface area contributed by atoms with Gasteiger partial charge in [-0.05, 0) is 43.2 Å². The van der Waals surface area contributed by atoms with Crippen LogP contribution in [-0.4, -0.2) is 38.8 Å². The molecule has 0 fully saturated rings. The van der Waals surface area contributed by atoms with Crippen LogP contribution in [-0.2, 0) is 19.9 Å². The summed E-state index contributed by atoms with van der Waals surface area (Å²) in [7, 11) is -8.32. The molecule has 0 saturated carbocycles. The monoisotopic (exact) mass is 443 g/mol. The Balaban J connectivity index is 2.77. The van der Waals surface area contributed by atoms with Crippen molar-refractivity contribution in [1.82, 2.24) is 0 Å². The van der Waals surface area contributed by atoms with Gasteiger partial charge >= 0.3 is 5.88 Å². The average molecular weight is 443 g/mol. The van der Waals surface area contributed by atoms with Gasteiger partial charge in [0.1, 0.15) is 5.69 Å². The van der Waals surface area contributed by atoms with E-state index < -0.39 is 41.3 Å². The number of anilines is 2. The zero-order chi connectivity index (χ0) is 22.1. The van der Waals surface area contributed by atoms with Crippen molar-refractivity contribution in [2.75, 3.05) is 16.4 Å². The first kappa shape index (κ1) is 22.2. The lowest BCUT2D eigenvalue weighted by Crippen LogP contribution is -2.26. The number of aryl methyl sites for hydroxylation is 2. The van der Waals surface area contributed by atoms with Crippen LogP contribution >= 0.6 is 0 Å². The number of sulfonamides is 1. The van der Waals surface area contributed by atoms with Gasteiger partial charge in [0, 0.05) is 11.0 Å². The highest BCUT2D eigenvalue weighted by molar-refractivity contribution is 7.92. The minimum absolute atomic E-state index is 0.0307. The van der Waals surface area contributed by atoms with E-state index in [0.29, 0.717) is 0 Å². The molecule has 2 aromatic carbocycles. The Bertz CT molecular complexity index is 1180. The third-order valence-electron chi connectivity index (χ3n) is 3.89. The minimum atomic E-state index is -4.26. The summed E-state index contributed by atoms with van der Waals surface area (Å²) in [5, 5.41) is 22.0. The number of nitro groups is 2. The SMILES string of the molecule is Cc1cc(N(c2ccccc2[N+](=O)[O-])S(C)(=O)=O)cc(C)c1S(=O)(=O)C[N+](=O)[O-]. The Hall–Kier alpha value is -3.06. The molecule has 0 spiro atoms. The van der Waals surface area contributed by atoms with Crippen molar-refractivity contribution in [3.05, 3.63) is 67.8 Å². The second-order valence-corrected chi connectivity index (χ2v) is 9.99. The van der Waals surface area contributed by atoms with Crippen molar-refractivity contribution < 1.29 is 26.7 Å². The summed E-state index contributed by atoms with van der Waals surface area (Å²) in [6.45, 7) is 2.73. The summed E-state index contributed by atoms with van der Waals surface area (Å²) in [6, 6.07) is 7.61. The van der Waals surface area contributed by atoms with E-state index in [-0.39, 0.29) is 27.4 Å². The lowest BCUT2D eigenvalue weighted by atomic mass is 10.1. The molecule has 0 saturated heterocycles. The summed E-state index contributed by atoms with van der Waals surface area (Å²) >= 11 is 0. The summed E-state index contributed by atoms with van der Waals surface area (Å²) in [4.78, 5) is 20.0. The number of nitro benzene ring substituents is 1. The Kier molecular flexibility index (Phi) is 5.94. The number of sulfone groups is 1. The van der Waals surface area contributed by atoms with E-state index in [1.807, 2.05) is 0 Å².